The van der Waals surface area contributed by atoms with Gasteiger partial charge in [-0.25, -0.2) is 4.98 Å². The van der Waals surface area contributed by atoms with Crippen molar-refractivity contribution in [1.82, 2.24) is 19.2 Å². The van der Waals surface area contributed by atoms with Gasteiger partial charge in [0.1, 0.15) is 12.1 Å². The third kappa shape index (κ3) is 5.43. The molecule has 0 aliphatic rings. The normalized spacial score (nSPS) is 11.2. The van der Waals surface area contributed by atoms with Gasteiger partial charge in [0.2, 0.25) is 0 Å². The first-order valence-electron chi connectivity index (χ1n) is 10.6. The Bertz CT molecular complexity index is 1350. The number of hydrogen-bond donors (Lipinski definition) is 1. The number of carbonyl (C=O) groups excluding carboxylic acids is 1. The molecule has 1 amide bonds. The molecule has 2 aromatic heterocycles. The topological polar surface area (TPSA) is 90.5 Å². The van der Waals surface area contributed by atoms with Crippen molar-refractivity contribution in [3.05, 3.63) is 82.5 Å². The molecule has 4 aromatic rings. The van der Waals surface area contributed by atoms with Gasteiger partial charge in [0.25, 0.3) is 17.2 Å². The first-order valence-corrected chi connectivity index (χ1v) is 11.6. The third-order valence-corrected chi connectivity index (χ3v) is 5.99. The van der Waals surface area contributed by atoms with Gasteiger partial charge in [0.15, 0.2) is 6.61 Å². The largest absolute Gasteiger partial charge is 0.484 e. The van der Waals surface area contributed by atoms with Crippen molar-refractivity contribution in [2.45, 2.75) is 37.5 Å². The molecular formula is C24H25N5O3S. The number of para-hydroxylation sites is 1. The lowest BCUT2D eigenvalue weighted by Gasteiger charge is -2.12. The van der Waals surface area contributed by atoms with Gasteiger partial charge in [0, 0.05) is 22.8 Å². The molecule has 0 radical (unpaired) electrons. The van der Waals surface area contributed by atoms with Crippen LogP contribution < -0.4 is 15.6 Å². The number of amides is 1. The summed E-state index contributed by atoms with van der Waals surface area (Å²) in [5.41, 5.74) is 2.21. The molecule has 2 aromatic carbocycles. The first kappa shape index (κ1) is 22.6. The molecule has 0 bridgehead atoms. The molecule has 0 unspecified atom stereocenters. The zero-order valence-electron chi connectivity index (χ0n) is 18.7. The van der Waals surface area contributed by atoms with Crippen molar-refractivity contribution in [3.63, 3.8) is 0 Å². The molecule has 0 aliphatic carbocycles. The lowest BCUT2D eigenvalue weighted by Crippen LogP contribution is -2.22. The van der Waals surface area contributed by atoms with Crippen LogP contribution in [0.15, 0.2) is 70.6 Å². The van der Waals surface area contributed by atoms with Gasteiger partial charge >= 0.3 is 0 Å². The van der Waals surface area contributed by atoms with Crippen LogP contribution in [0.25, 0.3) is 5.78 Å². The maximum atomic E-state index is 12.6. The molecule has 2 heterocycles. The molecule has 4 rings (SSSR count). The van der Waals surface area contributed by atoms with Crippen LogP contribution in [0.3, 0.4) is 0 Å². The Morgan fingerprint density at radius 1 is 1.15 bits per heavy atom. The molecule has 8 nitrogen and oxygen atoms in total. The van der Waals surface area contributed by atoms with Crippen LogP contribution >= 0.6 is 11.8 Å². The Kier molecular flexibility index (Phi) is 6.79. The number of anilines is 1. The second-order valence-corrected chi connectivity index (χ2v) is 8.87. The third-order valence-electron chi connectivity index (χ3n) is 4.88. The number of hydrogen-bond acceptors (Lipinski definition) is 6. The van der Waals surface area contributed by atoms with Crippen LogP contribution in [0.1, 0.15) is 31.1 Å². The minimum atomic E-state index is -0.249. The summed E-state index contributed by atoms with van der Waals surface area (Å²) in [6.45, 7) is 5.84. The van der Waals surface area contributed by atoms with Crippen LogP contribution in [0, 0.1) is 6.92 Å². The van der Waals surface area contributed by atoms with Crippen LogP contribution in [-0.4, -0.2) is 31.7 Å². The van der Waals surface area contributed by atoms with Gasteiger partial charge in [-0.15, -0.1) is 11.8 Å². The Hall–Kier alpha value is -3.59. The maximum absolute atomic E-state index is 12.6. The zero-order valence-corrected chi connectivity index (χ0v) is 19.5. The monoisotopic (exact) mass is 463 g/mol. The summed E-state index contributed by atoms with van der Waals surface area (Å²) >= 11 is 1.49. The highest BCUT2D eigenvalue weighted by Crippen LogP contribution is 2.29. The van der Waals surface area contributed by atoms with E-state index < -0.39 is 0 Å². The lowest BCUT2D eigenvalue weighted by molar-refractivity contribution is -0.118. The second kappa shape index (κ2) is 9.91. The number of carbonyl (C=O) groups is 1. The molecule has 0 spiro atoms. The average molecular weight is 464 g/mol. The number of ether oxygens (including phenoxy) is 1. The second-order valence-electron chi connectivity index (χ2n) is 7.85. The van der Waals surface area contributed by atoms with Crippen molar-refractivity contribution in [2.24, 2.45) is 0 Å². The van der Waals surface area contributed by atoms with Gasteiger partial charge in [0.05, 0.1) is 11.4 Å². The summed E-state index contributed by atoms with van der Waals surface area (Å²) in [5.74, 6) is 1.25. The number of thioether (sulfide) groups is 1. The van der Waals surface area contributed by atoms with E-state index in [0.717, 1.165) is 10.5 Å². The zero-order chi connectivity index (χ0) is 23.4. The molecule has 1 N–H and O–H groups in total. The van der Waals surface area contributed by atoms with Crippen molar-refractivity contribution in [3.8, 4) is 5.75 Å². The number of benzene rings is 2. The summed E-state index contributed by atoms with van der Waals surface area (Å²) in [6, 6.07) is 16.7. The molecule has 9 heteroatoms. The van der Waals surface area contributed by atoms with E-state index in [1.54, 1.807) is 11.0 Å². The van der Waals surface area contributed by atoms with Crippen LogP contribution in [0.2, 0.25) is 0 Å². The molecule has 0 fully saturated rings. The number of aryl methyl sites for hydroxylation is 1. The summed E-state index contributed by atoms with van der Waals surface area (Å²) in [6.07, 6.45) is 1.62. The van der Waals surface area contributed by atoms with E-state index in [9.17, 15) is 9.59 Å². The number of rotatable bonds is 8. The summed E-state index contributed by atoms with van der Waals surface area (Å²) in [5, 5.41) is 2.90. The smallest absolute Gasteiger partial charge is 0.274 e. The highest BCUT2D eigenvalue weighted by atomic mass is 32.2. The average Bonchev–Trinajstić information content (AvgIpc) is 3.22. The molecule has 0 saturated heterocycles. The Morgan fingerprint density at radius 3 is 2.76 bits per heavy atom. The minimum absolute atomic E-state index is 0.0873. The number of aromatic nitrogens is 4. The van der Waals surface area contributed by atoms with Crippen molar-refractivity contribution >= 4 is 29.1 Å². The quantitative estimate of drug-likeness (QED) is 0.396. The van der Waals surface area contributed by atoms with Crippen LogP contribution in [0.5, 0.6) is 5.75 Å². The lowest BCUT2D eigenvalue weighted by atomic mass is 10.2. The van der Waals surface area contributed by atoms with E-state index in [2.05, 4.69) is 15.3 Å². The molecule has 0 atom stereocenters. The SMILES string of the molecule is Cc1cccc(OCC(=O)Nc2ccccc2SCc2cc(=O)n3c(ncn3C(C)C)n2)c1. The van der Waals surface area contributed by atoms with E-state index in [1.165, 1.54) is 22.3 Å². The molecular weight excluding hydrogens is 438 g/mol. The number of nitrogens with zero attached hydrogens (tertiary/aromatic N) is 4. The van der Waals surface area contributed by atoms with E-state index in [4.69, 9.17) is 4.74 Å². The predicted octanol–water partition coefficient (Wildman–Crippen LogP) is 4.09. The highest BCUT2D eigenvalue weighted by molar-refractivity contribution is 7.98. The Balaban J connectivity index is 1.42. The predicted molar refractivity (Wildman–Crippen MR) is 129 cm³/mol. The van der Waals surface area contributed by atoms with Gasteiger partial charge in [-0.2, -0.15) is 9.50 Å². The van der Waals surface area contributed by atoms with E-state index >= 15 is 0 Å². The maximum Gasteiger partial charge on any atom is 0.274 e. The fourth-order valence-electron chi connectivity index (χ4n) is 3.30. The van der Waals surface area contributed by atoms with E-state index in [0.29, 0.717) is 28.7 Å². The summed E-state index contributed by atoms with van der Waals surface area (Å²) in [7, 11) is 0. The summed E-state index contributed by atoms with van der Waals surface area (Å²) in [4.78, 5) is 34.7. The van der Waals surface area contributed by atoms with Crippen LogP contribution in [-0.2, 0) is 10.5 Å². The molecule has 170 valence electrons. The van der Waals surface area contributed by atoms with E-state index in [-0.39, 0.29) is 24.1 Å². The first-order chi connectivity index (χ1) is 15.9. The molecule has 0 aliphatic heterocycles. The molecule has 0 saturated carbocycles. The highest BCUT2D eigenvalue weighted by Gasteiger charge is 2.12. The minimum Gasteiger partial charge on any atom is -0.484 e. The van der Waals surface area contributed by atoms with Gasteiger partial charge < -0.3 is 10.1 Å². The fraction of sp³-hybridized carbons (Fsp3) is 0.250. The van der Waals surface area contributed by atoms with Gasteiger partial charge in [-0.05, 0) is 50.6 Å². The van der Waals surface area contributed by atoms with Gasteiger partial charge in [-0.3, -0.25) is 14.3 Å². The van der Waals surface area contributed by atoms with Crippen LogP contribution in [0.4, 0.5) is 5.69 Å². The Labute approximate surface area is 195 Å². The number of fused-ring (bicyclic) bond motifs is 1. The molecule has 33 heavy (non-hydrogen) atoms. The summed E-state index contributed by atoms with van der Waals surface area (Å²) < 4.78 is 8.82. The van der Waals surface area contributed by atoms with Crippen molar-refractivity contribution in [1.29, 1.82) is 0 Å². The van der Waals surface area contributed by atoms with Crippen molar-refractivity contribution < 1.29 is 9.53 Å². The number of nitrogens with one attached hydrogen (secondary N) is 1. The standard InChI is InChI=1S/C24H25N5O3S/c1-16(2)28-15-25-24-26-18(12-23(31)29(24)28)14-33-21-10-5-4-9-20(21)27-22(30)13-32-19-8-6-7-17(3)11-19/h4-12,15-16H,13-14H2,1-3H3,(H,27,30). The van der Waals surface area contributed by atoms with Crippen molar-refractivity contribution in [2.75, 3.05) is 11.9 Å². The van der Waals surface area contributed by atoms with Gasteiger partial charge in [-0.1, -0.05) is 24.3 Å². The fourth-order valence-corrected chi connectivity index (χ4v) is 4.20. The van der Waals surface area contributed by atoms with E-state index in [1.807, 2.05) is 69.3 Å². The Morgan fingerprint density at radius 2 is 1.97 bits per heavy atom.